The predicted octanol–water partition coefficient (Wildman–Crippen LogP) is 2.26. The minimum Gasteiger partial charge on any atom is -0.467 e. The molecule has 4 aromatic heterocycles. The molecule has 0 spiro atoms. The maximum Gasteiger partial charge on any atom is 0.316 e. The third kappa shape index (κ3) is 3.82. The Kier molecular flexibility index (Phi) is 5.67. The molecule has 1 aromatic carbocycles. The lowest BCUT2D eigenvalue weighted by Crippen LogP contribution is -2.28. The molecule has 0 bridgehead atoms. The fourth-order valence-corrected chi connectivity index (χ4v) is 3.77. The number of rotatable bonds is 6. The number of nitrogens with two attached hydrogens (primary N) is 1. The molecule has 0 fully saturated rings. The van der Waals surface area contributed by atoms with Gasteiger partial charge in [-0.3, -0.25) is 4.79 Å². The molecule has 0 amide bonds. The van der Waals surface area contributed by atoms with Gasteiger partial charge in [0.05, 0.1) is 24.1 Å². The largest absolute Gasteiger partial charge is 0.467 e. The van der Waals surface area contributed by atoms with E-state index in [1.807, 2.05) is 6.07 Å². The SMILES string of the molecule is COc1ncc(-c2cccc3nc([C@H](C)Nc4ncnc(N)c4C#N)n(-c4ccon4)c(=O)c23)cn1. The molecule has 3 N–H and O–H groups in total. The molecule has 0 saturated carbocycles. The molecule has 0 saturated heterocycles. The lowest BCUT2D eigenvalue weighted by atomic mass is 10.0. The summed E-state index contributed by atoms with van der Waals surface area (Å²) in [5.41, 5.74) is 7.17. The molecule has 0 aliphatic carbocycles. The van der Waals surface area contributed by atoms with E-state index < -0.39 is 6.04 Å². The summed E-state index contributed by atoms with van der Waals surface area (Å²) in [6, 6.07) is 8.45. The first-order valence-corrected chi connectivity index (χ1v) is 10.6. The van der Waals surface area contributed by atoms with Gasteiger partial charge >= 0.3 is 6.01 Å². The average molecular weight is 482 g/mol. The Morgan fingerprint density at radius 3 is 2.69 bits per heavy atom. The molecule has 0 radical (unpaired) electrons. The van der Waals surface area contributed by atoms with Gasteiger partial charge in [0.25, 0.3) is 5.56 Å². The highest BCUT2D eigenvalue weighted by Crippen LogP contribution is 2.28. The van der Waals surface area contributed by atoms with Crippen molar-refractivity contribution >= 4 is 22.5 Å². The number of hydrogen-bond donors (Lipinski definition) is 2. The normalized spacial score (nSPS) is 11.7. The van der Waals surface area contributed by atoms with E-state index in [4.69, 9.17) is 20.0 Å². The van der Waals surface area contributed by atoms with E-state index in [0.29, 0.717) is 27.9 Å². The van der Waals surface area contributed by atoms with E-state index in [2.05, 4.69) is 30.4 Å². The smallest absolute Gasteiger partial charge is 0.316 e. The van der Waals surface area contributed by atoms with E-state index in [1.54, 1.807) is 43.6 Å². The zero-order valence-electron chi connectivity index (χ0n) is 19.1. The fourth-order valence-electron chi connectivity index (χ4n) is 3.77. The van der Waals surface area contributed by atoms with Gasteiger partial charge in [-0.1, -0.05) is 17.3 Å². The number of nitrogen functional groups attached to an aromatic ring is 1. The molecule has 0 aliphatic rings. The molecule has 0 unspecified atom stereocenters. The third-order valence-electron chi connectivity index (χ3n) is 5.43. The average Bonchev–Trinajstić information content (AvgIpc) is 3.43. The minimum atomic E-state index is -0.604. The molecule has 5 rings (SSSR count). The lowest BCUT2D eigenvalue weighted by Gasteiger charge is -2.20. The molecule has 13 heteroatoms. The lowest BCUT2D eigenvalue weighted by molar-refractivity contribution is 0.380. The Morgan fingerprint density at radius 2 is 2.00 bits per heavy atom. The van der Waals surface area contributed by atoms with Gasteiger partial charge in [0.1, 0.15) is 41.7 Å². The minimum absolute atomic E-state index is 0.0360. The Labute approximate surface area is 203 Å². The quantitative estimate of drug-likeness (QED) is 0.360. The van der Waals surface area contributed by atoms with Crippen LogP contribution in [0.1, 0.15) is 24.4 Å². The van der Waals surface area contributed by atoms with Crippen LogP contribution >= 0.6 is 0 Å². The van der Waals surface area contributed by atoms with Crippen LogP contribution in [0.3, 0.4) is 0 Å². The van der Waals surface area contributed by atoms with Crippen molar-refractivity contribution in [1.82, 2.24) is 34.6 Å². The van der Waals surface area contributed by atoms with Crippen molar-refractivity contribution in [3.8, 4) is 29.0 Å². The molecule has 0 aliphatic heterocycles. The first-order valence-electron chi connectivity index (χ1n) is 10.6. The third-order valence-corrected chi connectivity index (χ3v) is 5.43. The predicted molar refractivity (Wildman–Crippen MR) is 128 cm³/mol. The number of ether oxygens (including phenoxy) is 1. The fraction of sp³-hybridized carbons (Fsp3) is 0.130. The highest BCUT2D eigenvalue weighted by molar-refractivity contribution is 5.94. The zero-order chi connectivity index (χ0) is 25.2. The van der Waals surface area contributed by atoms with Crippen molar-refractivity contribution in [2.45, 2.75) is 13.0 Å². The number of benzene rings is 1. The van der Waals surface area contributed by atoms with E-state index >= 15 is 0 Å². The van der Waals surface area contributed by atoms with Crippen LogP contribution in [0.25, 0.3) is 27.8 Å². The molecular formula is C23H18N10O3. The summed E-state index contributed by atoms with van der Waals surface area (Å²) in [6.07, 6.45) is 5.74. The van der Waals surface area contributed by atoms with Crippen molar-refractivity contribution in [3.05, 3.63) is 71.0 Å². The van der Waals surface area contributed by atoms with E-state index in [1.165, 1.54) is 24.3 Å². The van der Waals surface area contributed by atoms with Crippen LogP contribution in [0.2, 0.25) is 0 Å². The van der Waals surface area contributed by atoms with E-state index in [0.717, 1.165) is 0 Å². The molecule has 4 heterocycles. The van der Waals surface area contributed by atoms with Gasteiger partial charge < -0.3 is 20.3 Å². The van der Waals surface area contributed by atoms with Gasteiger partial charge in [0.2, 0.25) is 0 Å². The van der Waals surface area contributed by atoms with Crippen LogP contribution in [0.4, 0.5) is 11.6 Å². The van der Waals surface area contributed by atoms with Gasteiger partial charge in [0.15, 0.2) is 5.82 Å². The number of methoxy groups -OCH3 is 1. The molecule has 36 heavy (non-hydrogen) atoms. The number of nitriles is 1. The summed E-state index contributed by atoms with van der Waals surface area (Å²) in [7, 11) is 1.47. The Morgan fingerprint density at radius 1 is 1.19 bits per heavy atom. The summed E-state index contributed by atoms with van der Waals surface area (Å²) in [5.74, 6) is 0.795. The van der Waals surface area contributed by atoms with Gasteiger partial charge in [-0.2, -0.15) is 5.26 Å². The number of nitrogens with zero attached hydrogens (tertiary/aromatic N) is 8. The van der Waals surface area contributed by atoms with Crippen molar-refractivity contribution in [1.29, 1.82) is 5.26 Å². The van der Waals surface area contributed by atoms with Crippen molar-refractivity contribution < 1.29 is 9.26 Å². The van der Waals surface area contributed by atoms with Crippen LogP contribution in [-0.4, -0.2) is 41.8 Å². The number of fused-ring (bicyclic) bond motifs is 1. The first kappa shape index (κ1) is 22.4. The molecular weight excluding hydrogens is 464 g/mol. The van der Waals surface area contributed by atoms with Crippen LogP contribution in [0.5, 0.6) is 6.01 Å². The van der Waals surface area contributed by atoms with Gasteiger partial charge in [-0.05, 0) is 18.6 Å². The molecule has 178 valence electrons. The van der Waals surface area contributed by atoms with Crippen LogP contribution < -0.4 is 21.3 Å². The Bertz CT molecular complexity index is 1660. The second-order valence-electron chi connectivity index (χ2n) is 7.59. The topological polar surface area (TPSA) is 184 Å². The molecule has 1 atom stereocenters. The monoisotopic (exact) mass is 482 g/mol. The second kappa shape index (κ2) is 9.11. The second-order valence-corrected chi connectivity index (χ2v) is 7.59. The van der Waals surface area contributed by atoms with Crippen LogP contribution in [0.15, 0.2) is 58.6 Å². The summed E-state index contributed by atoms with van der Waals surface area (Å²) in [6.45, 7) is 1.77. The summed E-state index contributed by atoms with van der Waals surface area (Å²) in [5, 5.41) is 16.9. The zero-order valence-corrected chi connectivity index (χ0v) is 19.1. The maximum atomic E-state index is 13.9. The van der Waals surface area contributed by atoms with Gasteiger partial charge in [-0.15, -0.1) is 0 Å². The summed E-state index contributed by atoms with van der Waals surface area (Å²) in [4.78, 5) is 35.0. The van der Waals surface area contributed by atoms with Crippen LogP contribution in [0, 0.1) is 11.3 Å². The number of anilines is 2. The number of hydrogen-bond acceptors (Lipinski definition) is 12. The highest BCUT2D eigenvalue weighted by atomic mass is 16.5. The maximum absolute atomic E-state index is 13.9. The molecule has 13 nitrogen and oxygen atoms in total. The van der Waals surface area contributed by atoms with Crippen molar-refractivity contribution in [2.75, 3.05) is 18.2 Å². The van der Waals surface area contributed by atoms with Crippen LogP contribution in [-0.2, 0) is 0 Å². The summed E-state index contributed by atoms with van der Waals surface area (Å²) >= 11 is 0. The van der Waals surface area contributed by atoms with Gasteiger partial charge in [0, 0.05) is 24.0 Å². The molecule has 5 aromatic rings. The number of nitrogens with one attached hydrogen (secondary N) is 1. The number of aromatic nitrogens is 7. The summed E-state index contributed by atoms with van der Waals surface area (Å²) < 4.78 is 11.4. The van der Waals surface area contributed by atoms with Crippen molar-refractivity contribution in [3.63, 3.8) is 0 Å². The highest BCUT2D eigenvalue weighted by Gasteiger charge is 2.23. The standard InChI is InChI=1S/C23H18N10O3/c1-12(30-20-15(8-24)19(25)28-11-29-20)21-31-16-5-3-4-14(13-9-26-23(35-2)27-10-13)18(16)22(34)33(21)17-6-7-36-32-17/h3-7,9-12H,1-2H3,(H3,25,28,29,30)/t12-/m0/s1. The van der Waals surface area contributed by atoms with Crippen molar-refractivity contribution in [2.24, 2.45) is 0 Å². The van der Waals surface area contributed by atoms with Gasteiger partial charge in [-0.25, -0.2) is 29.5 Å². The Hall–Kier alpha value is -5.38. The first-order chi connectivity index (χ1) is 17.5. The Balaban J connectivity index is 1.71. The van der Waals surface area contributed by atoms with E-state index in [9.17, 15) is 10.1 Å². The van der Waals surface area contributed by atoms with E-state index in [-0.39, 0.29) is 34.6 Å².